The van der Waals surface area contributed by atoms with Crippen LogP contribution >= 0.6 is 15.9 Å². The molecule has 2 fully saturated rings. The SMILES string of the molecule is COc1c(Nc2ncc(Br)c(Nc3cc(F)ccc3C(C)(C)O)n2)ccc(N2CCC(N3CCN(C)CC3)CC2)c1F. The number of hydrogen-bond donors (Lipinski definition) is 3. The lowest BCUT2D eigenvalue weighted by Gasteiger charge is -2.42. The zero-order valence-corrected chi connectivity index (χ0v) is 26.0. The Kier molecular flexibility index (Phi) is 9.17. The highest BCUT2D eigenvalue weighted by Crippen LogP contribution is 2.38. The van der Waals surface area contributed by atoms with Gasteiger partial charge in [-0.15, -0.1) is 0 Å². The lowest BCUT2D eigenvalue weighted by atomic mass is 9.96. The Hall–Kier alpha value is -3.06. The van der Waals surface area contributed by atoms with Crippen molar-refractivity contribution in [2.75, 3.05) is 69.0 Å². The summed E-state index contributed by atoms with van der Waals surface area (Å²) in [6.45, 7) is 9.15. The first-order valence-corrected chi connectivity index (χ1v) is 15.0. The van der Waals surface area contributed by atoms with E-state index < -0.39 is 17.2 Å². The van der Waals surface area contributed by atoms with Crippen LogP contribution in [-0.4, -0.2) is 84.3 Å². The van der Waals surface area contributed by atoms with Gasteiger partial charge in [0.05, 0.1) is 28.6 Å². The van der Waals surface area contributed by atoms with Crippen LogP contribution in [0.5, 0.6) is 5.75 Å². The second-order valence-electron chi connectivity index (χ2n) is 11.4. The Balaban J connectivity index is 1.32. The molecule has 226 valence electrons. The molecule has 0 aliphatic carbocycles. The van der Waals surface area contributed by atoms with E-state index >= 15 is 4.39 Å². The van der Waals surface area contributed by atoms with E-state index in [1.54, 1.807) is 26.0 Å². The predicted molar refractivity (Wildman–Crippen MR) is 165 cm³/mol. The average molecular weight is 647 g/mol. The minimum Gasteiger partial charge on any atom is -0.492 e. The first kappa shape index (κ1) is 30.4. The van der Waals surface area contributed by atoms with E-state index in [-0.39, 0.29) is 11.7 Å². The summed E-state index contributed by atoms with van der Waals surface area (Å²) in [5.74, 6) is -0.309. The van der Waals surface area contributed by atoms with Gasteiger partial charge in [0, 0.05) is 62.8 Å². The van der Waals surface area contributed by atoms with Crippen molar-refractivity contribution in [1.82, 2.24) is 19.8 Å². The maximum atomic E-state index is 15.8. The monoisotopic (exact) mass is 645 g/mol. The summed E-state index contributed by atoms with van der Waals surface area (Å²) < 4.78 is 35.9. The van der Waals surface area contributed by atoms with Gasteiger partial charge in [-0.05, 0) is 73.9 Å². The van der Waals surface area contributed by atoms with Crippen molar-refractivity contribution in [3.05, 3.63) is 58.2 Å². The predicted octanol–water partition coefficient (Wildman–Crippen LogP) is 5.46. The standard InChI is InChI=1S/C30H38BrF2N7O2/c1-30(2,41)21-6-5-19(32)17-24(21)35-28-22(31)18-34-29(37-28)36-23-7-8-25(26(33)27(23)42-4)40-11-9-20(10-12-40)39-15-13-38(3)14-16-39/h5-8,17-18,20,41H,9-16H2,1-4H3,(H2,34,35,36,37). The van der Waals surface area contributed by atoms with Gasteiger partial charge in [0.2, 0.25) is 5.95 Å². The molecule has 2 aromatic carbocycles. The van der Waals surface area contributed by atoms with Crippen molar-refractivity contribution in [2.45, 2.75) is 38.3 Å². The van der Waals surface area contributed by atoms with Crippen molar-refractivity contribution >= 4 is 44.8 Å². The molecule has 2 saturated heterocycles. The molecule has 3 aromatic rings. The molecule has 0 spiro atoms. The lowest BCUT2D eigenvalue weighted by Crippen LogP contribution is -2.52. The van der Waals surface area contributed by atoms with Crippen molar-refractivity contribution in [3.8, 4) is 5.75 Å². The number of rotatable bonds is 8. The first-order valence-electron chi connectivity index (χ1n) is 14.2. The molecule has 2 aliphatic heterocycles. The fraction of sp³-hybridized carbons (Fsp3) is 0.467. The quantitative estimate of drug-likeness (QED) is 0.296. The van der Waals surface area contributed by atoms with Gasteiger partial charge in [-0.1, -0.05) is 6.07 Å². The van der Waals surface area contributed by atoms with E-state index in [1.807, 2.05) is 0 Å². The van der Waals surface area contributed by atoms with Crippen LogP contribution in [-0.2, 0) is 5.60 Å². The molecule has 1 aromatic heterocycles. The van der Waals surface area contributed by atoms with Gasteiger partial charge in [-0.3, -0.25) is 4.90 Å². The number of nitrogens with zero attached hydrogens (tertiary/aromatic N) is 5. The molecule has 12 heteroatoms. The molecule has 2 aliphatic rings. The lowest BCUT2D eigenvalue weighted by molar-refractivity contribution is 0.0793. The smallest absolute Gasteiger partial charge is 0.229 e. The summed E-state index contributed by atoms with van der Waals surface area (Å²) in [4.78, 5) is 15.8. The molecule has 0 amide bonds. The van der Waals surface area contributed by atoms with E-state index in [4.69, 9.17) is 4.74 Å². The third kappa shape index (κ3) is 6.77. The van der Waals surface area contributed by atoms with Crippen LogP contribution in [0.1, 0.15) is 32.3 Å². The largest absolute Gasteiger partial charge is 0.492 e. The zero-order valence-electron chi connectivity index (χ0n) is 24.4. The Labute approximate surface area is 254 Å². The number of likely N-dealkylation sites (N-methyl/N-ethyl adjacent to an activating group) is 1. The number of aliphatic hydroxyl groups is 1. The normalized spacial score (nSPS) is 17.4. The van der Waals surface area contributed by atoms with Gasteiger partial charge in [0.15, 0.2) is 11.6 Å². The Bertz CT molecular complexity index is 1410. The molecule has 9 nitrogen and oxygen atoms in total. The van der Waals surface area contributed by atoms with Gasteiger partial charge in [0.25, 0.3) is 0 Å². The van der Waals surface area contributed by atoms with Crippen molar-refractivity contribution in [3.63, 3.8) is 0 Å². The highest BCUT2D eigenvalue weighted by atomic mass is 79.9. The third-order valence-electron chi connectivity index (χ3n) is 8.02. The number of piperidine rings is 1. The highest BCUT2D eigenvalue weighted by molar-refractivity contribution is 9.10. The minimum absolute atomic E-state index is 0.0733. The maximum absolute atomic E-state index is 15.8. The topological polar surface area (TPSA) is 89.0 Å². The second-order valence-corrected chi connectivity index (χ2v) is 12.3. The Morgan fingerprint density at radius 2 is 1.71 bits per heavy atom. The van der Waals surface area contributed by atoms with Crippen LogP contribution in [0, 0.1) is 11.6 Å². The molecule has 5 rings (SSSR count). The summed E-state index contributed by atoms with van der Waals surface area (Å²) in [5.41, 5.74) is 0.525. The molecule has 3 N–H and O–H groups in total. The molecule has 0 saturated carbocycles. The van der Waals surface area contributed by atoms with Crippen LogP contribution in [0.15, 0.2) is 41.0 Å². The summed E-state index contributed by atoms with van der Waals surface area (Å²) in [6.07, 6.45) is 3.52. The Morgan fingerprint density at radius 1 is 1.00 bits per heavy atom. The number of hydrogen-bond acceptors (Lipinski definition) is 9. The maximum Gasteiger partial charge on any atom is 0.229 e. The van der Waals surface area contributed by atoms with E-state index in [0.717, 1.165) is 52.1 Å². The van der Waals surface area contributed by atoms with Crippen LogP contribution in [0.2, 0.25) is 0 Å². The van der Waals surface area contributed by atoms with Crippen molar-refractivity contribution in [2.24, 2.45) is 0 Å². The molecular formula is C30H38BrF2N7O2. The van der Waals surface area contributed by atoms with Gasteiger partial charge >= 0.3 is 0 Å². The van der Waals surface area contributed by atoms with Gasteiger partial charge < -0.3 is 30.3 Å². The molecule has 3 heterocycles. The van der Waals surface area contributed by atoms with Crippen LogP contribution in [0.3, 0.4) is 0 Å². The molecular weight excluding hydrogens is 608 g/mol. The molecule has 0 bridgehead atoms. The summed E-state index contributed by atoms with van der Waals surface area (Å²) in [5, 5.41) is 16.7. The number of benzene rings is 2. The van der Waals surface area contributed by atoms with Gasteiger partial charge in [-0.2, -0.15) is 4.98 Å². The van der Waals surface area contributed by atoms with Gasteiger partial charge in [-0.25, -0.2) is 13.8 Å². The van der Waals surface area contributed by atoms with Crippen LogP contribution in [0.4, 0.5) is 37.6 Å². The Morgan fingerprint density at radius 3 is 2.38 bits per heavy atom. The van der Waals surface area contributed by atoms with Crippen LogP contribution in [0.25, 0.3) is 0 Å². The van der Waals surface area contributed by atoms with E-state index in [9.17, 15) is 9.50 Å². The molecule has 0 unspecified atom stereocenters. The number of anilines is 5. The summed E-state index contributed by atoms with van der Waals surface area (Å²) in [6, 6.07) is 8.17. The highest BCUT2D eigenvalue weighted by Gasteiger charge is 2.29. The number of ether oxygens (including phenoxy) is 1. The third-order valence-corrected chi connectivity index (χ3v) is 8.60. The minimum atomic E-state index is -1.22. The van der Waals surface area contributed by atoms with Crippen molar-refractivity contribution < 1.29 is 18.6 Å². The van der Waals surface area contributed by atoms with E-state index in [0.29, 0.717) is 39.0 Å². The molecule has 42 heavy (non-hydrogen) atoms. The second kappa shape index (κ2) is 12.7. The number of halogens is 3. The number of aromatic nitrogens is 2. The van der Waals surface area contributed by atoms with E-state index in [1.165, 1.54) is 31.5 Å². The number of nitrogens with one attached hydrogen (secondary N) is 2. The molecule has 0 radical (unpaired) electrons. The van der Waals surface area contributed by atoms with Crippen LogP contribution < -0.4 is 20.3 Å². The first-order chi connectivity index (χ1) is 20.0. The summed E-state index contributed by atoms with van der Waals surface area (Å²) in [7, 11) is 3.60. The van der Waals surface area contributed by atoms with Gasteiger partial charge in [0.1, 0.15) is 11.6 Å². The summed E-state index contributed by atoms with van der Waals surface area (Å²) >= 11 is 3.43. The fourth-order valence-corrected chi connectivity index (χ4v) is 5.95. The van der Waals surface area contributed by atoms with E-state index in [2.05, 4.69) is 58.3 Å². The fourth-order valence-electron chi connectivity index (χ4n) is 5.66. The van der Waals surface area contributed by atoms with Crippen molar-refractivity contribution in [1.29, 1.82) is 0 Å². The number of methoxy groups -OCH3 is 1. The zero-order chi connectivity index (χ0) is 30.0. The molecule has 0 atom stereocenters. The average Bonchev–Trinajstić information content (AvgIpc) is 2.95. The number of piperazine rings is 1.